The van der Waals surface area contributed by atoms with Gasteiger partial charge in [0.1, 0.15) is 0 Å². The van der Waals surface area contributed by atoms with Gasteiger partial charge >= 0.3 is 0 Å². The third-order valence-corrected chi connectivity index (χ3v) is 16.6. The van der Waals surface area contributed by atoms with E-state index in [0.29, 0.717) is 10.8 Å². The second-order valence-electron chi connectivity index (χ2n) is 9.02. The van der Waals surface area contributed by atoms with Crippen LogP contribution in [-0.2, 0) is 10.0 Å². The van der Waals surface area contributed by atoms with Crippen LogP contribution in [0.3, 0.4) is 0 Å². The first-order chi connectivity index (χ1) is 12.5. The molecule has 0 aromatic heterocycles. The molecule has 0 spiro atoms. The number of nitrogens with one attached hydrogen (secondary N) is 1. The lowest BCUT2D eigenvalue weighted by molar-refractivity contribution is 0.442. The first-order valence-corrected chi connectivity index (χ1v) is 16.8. The fourth-order valence-corrected chi connectivity index (χ4v) is 12.6. The fraction of sp³-hybridized carbons (Fsp3) is 0.700. The Kier molecular flexibility index (Phi) is 7.99. The summed E-state index contributed by atoms with van der Waals surface area (Å²) in [5.74, 6) is 2.83. The maximum atomic E-state index is 13.0. The molecular weight excluding hydrogens is 411 g/mol. The van der Waals surface area contributed by atoms with Crippen LogP contribution in [-0.4, -0.2) is 37.7 Å². The van der Waals surface area contributed by atoms with Gasteiger partial charge in [-0.3, -0.25) is 0 Å². The zero-order chi connectivity index (χ0) is 20.3. The molecule has 1 saturated heterocycles. The lowest BCUT2D eigenvalue weighted by Crippen LogP contribution is -2.53. The van der Waals surface area contributed by atoms with Crippen molar-refractivity contribution < 1.29 is 8.42 Å². The quantitative estimate of drug-likeness (QED) is 0.535. The second-order valence-corrected chi connectivity index (χ2v) is 19.9. The van der Waals surface area contributed by atoms with Gasteiger partial charge < -0.3 is 0 Å². The normalized spacial score (nSPS) is 19.2. The molecule has 1 N–H and O–H groups in total. The van der Waals surface area contributed by atoms with Crippen LogP contribution in [0.1, 0.15) is 38.7 Å². The molecule has 3 nitrogen and oxygen atoms in total. The minimum atomic E-state index is -3.50. The number of hydrogen-bond donors (Lipinski definition) is 1. The molecular formula is C20H35NO2S3Si. The van der Waals surface area contributed by atoms with Crippen molar-refractivity contribution in [3.8, 4) is 0 Å². The molecule has 0 bridgehead atoms. The minimum Gasteiger partial charge on any atom is -0.208 e. The molecule has 1 aromatic rings. The van der Waals surface area contributed by atoms with E-state index in [2.05, 4.69) is 61.7 Å². The molecule has 0 radical (unpaired) electrons. The summed E-state index contributed by atoms with van der Waals surface area (Å²) in [6.07, 6.45) is 3.05. The predicted molar refractivity (Wildman–Crippen MR) is 125 cm³/mol. The molecule has 0 amide bonds. The Hall–Kier alpha value is 0.0469. The fourth-order valence-electron chi connectivity index (χ4n) is 3.50. The molecule has 1 aromatic carbocycles. The topological polar surface area (TPSA) is 46.2 Å². The number of thioether (sulfide) groups is 2. The zero-order valence-corrected chi connectivity index (χ0v) is 21.0. The van der Waals surface area contributed by atoms with Crippen molar-refractivity contribution in [2.24, 2.45) is 5.92 Å². The number of aryl methyl sites for hydroxylation is 1. The van der Waals surface area contributed by atoms with Crippen LogP contribution in [0.2, 0.25) is 19.6 Å². The number of sulfonamides is 1. The van der Waals surface area contributed by atoms with Crippen LogP contribution in [0.25, 0.3) is 0 Å². The van der Waals surface area contributed by atoms with Crippen LogP contribution >= 0.6 is 23.5 Å². The van der Waals surface area contributed by atoms with E-state index in [-0.39, 0.29) is 9.74 Å². The summed E-state index contributed by atoms with van der Waals surface area (Å²) in [5.41, 5.74) is 1.07. The van der Waals surface area contributed by atoms with Crippen molar-refractivity contribution in [1.29, 1.82) is 0 Å². The standard InChI is InChI=1S/C20H35NO2S3Si/c1-16(2)14-18(15-20(27(4,5)6)24-12-7-13-25-20)21-26(22,23)19-10-8-17(3)9-11-19/h8-11,16,18,21H,7,12-15H2,1-6H3/t18-/m0/s1. The third-order valence-electron chi connectivity index (χ3n) is 5.03. The average Bonchev–Trinajstić information content (AvgIpc) is 2.54. The Balaban J connectivity index is 2.27. The van der Waals surface area contributed by atoms with Gasteiger partial charge in [-0.15, -0.1) is 23.5 Å². The zero-order valence-electron chi connectivity index (χ0n) is 17.5. The third kappa shape index (κ3) is 6.26. The van der Waals surface area contributed by atoms with Gasteiger partial charge in [0, 0.05) is 6.04 Å². The predicted octanol–water partition coefficient (Wildman–Crippen LogP) is 5.52. The highest BCUT2D eigenvalue weighted by Gasteiger charge is 2.47. The molecule has 1 heterocycles. The summed E-state index contributed by atoms with van der Waals surface area (Å²) in [7, 11) is -4.99. The molecule has 27 heavy (non-hydrogen) atoms. The Labute approximate surface area is 175 Å². The Morgan fingerprint density at radius 2 is 1.67 bits per heavy atom. The molecule has 7 heteroatoms. The lowest BCUT2D eigenvalue weighted by Gasteiger charge is -2.47. The van der Waals surface area contributed by atoms with Crippen LogP contribution < -0.4 is 4.72 Å². The van der Waals surface area contributed by atoms with Gasteiger partial charge in [-0.25, -0.2) is 13.1 Å². The minimum absolute atomic E-state index is 0.0267. The highest BCUT2D eigenvalue weighted by molar-refractivity contribution is 8.21. The maximum absolute atomic E-state index is 13.0. The highest BCUT2D eigenvalue weighted by atomic mass is 32.2. The van der Waals surface area contributed by atoms with E-state index < -0.39 is 18.1 Å². The average molecular weight is 446 g/mol. The molecule has 0 saturated carbocycles. The Bertz CT molecular complexity index is 706. The van der Waals surface area contributed by atoms with E-state index in [1.54, 1.807) is 12.1 Å². The Morgan fingerprint density at radius 3 is 2.15 bits per heavy atom. The first-order valence-electron chi connectivity index (χ1n) is 9.82. The lowest BCUT2D eigenvalue weighted by atomic mass is 10.0. The smallest absolute Gasteiger partial charge is 0.208 e. The van der Waals surface area contributed by atoms with E-state index in [1.807, 2.05) is 19.1 Å². The van der Waals surface area contributed by atoms with Crippen molar-refractivity contribution >= 4 is 41.6 Å². The second kappa shape index (κ2) is 9.24. The molecule has 154 valence electrons. The van der Waals surface area contributed by atoms with Gasteiger partial charge in [0.15, 0.2) is 0 Å². The SMILES string of the molecule is Cc1ccc(S(=O)(=O)N[C@@H](CC(C)C)CC2([Si](C)(C)C)SCCCS2)cc1. The summed E-state index contributed by atoms with van der Waals surface area (Å²) in [6.45, 7) is 13.6. The van der Waals surface area contributed by atoms with Crippen LogP contribution in [0, 0.1) is 12.8 Å². The van der Waals surface area contributed by atoms with E-state index >= 15 is 0 Å². The summed E-state index contributed by atoms with van der Waals surface area (Å²) < 4.78 is 29.3. The summed E-state index contributed by atoms with van der Waals surface area (Å²) in [5, 5.41) is 0. The summed E-state index contributed by atoms with van der Waals surface area (Å²) >= 11 is 4.17. The highest BCUT2D eigenvalue weighted by Crippen LogP contribution is 2.51. The molecule has 0 aliphatic carbocycles. The van der Waals surface area contributed by atoms with Gasteiger partial charge in [-0.1, -0.05) is 51.2 Å². The summed E-state index contributed by atoms with van der Waals surface area (Å²) in [6, 6.07) is 7.12. The van der Waals surface area contributed by atoms with Gasteiger partial charge in [-0.2, -0.15) is 0 Å². The Morgan fingerprint density at radius 1 is 1.11 bits per heavy atom. The molecule has 1 aliphatic rings. The van der Waals surface area contributed by atoms with Crippen molar-refractivity contribution in [3.05, 3.63) is 29.8 Å². The van der Waals surface area contributed by atoms with E-state index in [9.17, 15) is 8.42 Å². The molecule has 2 rings (SSSR count). The number of rotatable bonds is 8. The molecule has 1 atom stereocenters. The van der Waals surface area contributed by atoms with Crippen molar-refractivity contribution in [1.82, 2.24) is 4.72 Å². The van der Waals surface area contributed by atoms with Gasteiger partial charge in [-0.05, 0) is 55.7 Å². The van der Waals surface area contributed by atoms with E-state index in [1.165, 1.54) is 17.9 Å². The van der Waals surface area contributed by atoms with Gasteiger partial charge in [0.05, 0.1) is 16.7 Å². The van der Waals surface area contributed by atoms with Crippen molar-refractivity contribution in [2.45, 2.75) is 74.3 Å². The van der Waals surface area contributed by atoms with Crippen LogP contribution in [0.4, 0.5) is 0 Å². The maximum Gasteiger partial charge on any atom is 0.240 e. The van der Waals surface area contributed by atoms with Crippen molar-refractivity contribution in [2.75, 3.05) is 11.5 Å². The van der Waals surface area contributed by atoms with Crippen molar-refractivity contribution in [3.63, 3.8) is 0 Å². The van der Waals surface area contributed by atoms with Crippen LogP contribution in [0.5, 0.6) is 0 Å². The van der Waals surface area contributed by atoms with E-state index in [4.69, 9.17) is 0 Å². The first kappa shape index (κ1) is 23.3. The van der Waals surface area contributed by atoms with E-state index in [0.717, 1.165) is 18.4 Å². The monoisotopic (exact) mass is 445 g/mol. The molecule has 1 fully saturated rings. The van der Waals surface area contributed by atoms with Gasteiger partial charge in [0.25, 0.3) is 0 Å². The molecule has 1 aliphatic heterocycles. The molecule has 0 unspecified atom stereocenters. The van der Waals surface area contributed by atoms with Crippen LogP contribution in [0.15, 0.2) is 29.2 Å². The number of hydrogen-bond acceptors (Lipinski definition) is 4. The largest absolute Gasteiger partial charge is 0.240 e. The van der Waals surface area contributed by atoms with Gasteiger partial charge in [0.2, 0.25) is 10.0 Å². The summed E-state index contributed by atoms with van der Waals surface area (Å²) in [4.78, 5) is 0.368. The number of benzene rings is 1.